The van der Waals surface area contributed by atoms with E-state index in [0.717, 1.165) is 43.2 Å². The van der Waals surface area contributed by atoms with Crippen LogP contribution in [0.5, 0.6) is 0 Å². The number of carboxylic acid groups (broad SMARTS) is 2. The Morgan fingerprint density at radius 1 is 1.10 bits per heavy atom. The number of nitrogens with one attached hydrogen (secondary N) is 2. The summed E-state index contributed by atoms with van der Waals surface area (Å²) in [5, 5.41) is 23.0. The molecule has 1 atom stereocenters. The van der Waals surface area contributed by atoms with Crippen LogP contribution in [0.25, 0.3) is 0 Å². The van der Waals surface area contributed by atoms with Crippen molar-refractivity contribution in [1.29, 1.82) is 0 Å². The summed E-state index contributed by atoms with van der Waals surface area (Å²) in [6.45, 7) is 3.62. The van der Waals surface area contributed by atoms with Crippen molar-refractivity contribution in [2.24, 2.45) is 0 Å². The van der Waals surface area contributed by atoms with E-state index in [0.29, 0.717) is 10.6 Å². The average Bonchev–Trinajstić information content (AvgIpc) is 2.97. The number of anilines is 1. The Kier molecular flexibility index (Phi) is 9.21. The minimum Gasteiger partial charge on any atom is -0.481 e. The normalized spacial score (nSPS) is 13.8. The van der Waals surface area contributed by atoms with Crippen molar-refractivity contribution < 1.29 is 28.6 Å². The van der Waals surface area contributed by atoms with Gasteiger partial charge in [-0.2, -0.15) is 0 Å². The monoisotopic (exact) mass is 454 g/mol. The maximum Gasteiger partial charge on any atom is 0.303 e. The van der Waals surface area contributed by atoms with Gasteiger partial charge in [0.15, 0.2) is 11.6 Å². The quantitative estimate of drug-likeness (QED) is 0.516. The lowest BCUT2D eigenvalue weighted by molar-refractivity contribution is -0.143. The molecule has 0 fully saturated rings. The second-order valence-corrected chi connectivity index (χ2v) is 7.51. The first kappa shape index (κ1) is 24.6. The topological polar surface area (TPSA) is 98.7 Å². The number of carbonyl (C=O) groups is 2. The molecule has 1 heterocycles. The molecule has 0 bridgehead atoms. The molecule has 0 radical (unpaired) electrons. The van der Waals surface area contributed by atoms with Gasteiger partial charge in [0.05, 0.1) is 29.6 Å². The van der Waals surface area contributed by atoms with Gasteiger partial charge in [-0.25, -0.2) is 8.78 Å². The number of carboxylic acids is 2. The predicted octanol–water partition coefficient (Wildman–Crippen LogP) is 4.42. The summed E-state index contributed by atoms with van der Waals surface area (Å²) in [5.41, 5.74) is 3.52. The lowest BCUT2D eigenvalue weighted by Crippen LogP contribution is -2.16. The summed E-state index contributed by atoms with van der Waals surface area (Å²) in [5.74, 6) is -3.80. The molecular weight excluding hydrogens is 430 g/mol. The smallest absolute Gasteiger partial charge is 0.303 e. The van der Waals surface area contributed by atoms with Crippen LogP contribution in [-0.4, -0.2) is 35.2 Å². The van der Waals surface area contributed by atoms with Crippen molar-refractivity contribution in [2.75, 3.05) is 18.4 Å². The number of benzene rings is 2. The molecule has 0 saturated heterocycles. The van der Waals surface area contributed by atoms with Crippen molar-refractivity contribution in [1.82, 2.24) is 5.32 Å². The molecule has 2 aromatic carbocycles. The Bertz CT molecular complexity index is 926. The van der Waals surface area contributed by atoms with Crippen molar-refractivity contribution in [2.45, 2.75) is 38.6 Å². The van der Waals surface area contributed by atoms with E-state index >= 15 is 0 Å². The van der Waals surface area contributed by atoms with Gasteiger partial charge in [-0.3, -0.25) is 9.59 Å². The zero-order valence-corrected chi connectivity index (χ0v) is 17.8. The summed E-state index contributed by atoms with van der Waals surface area (Å²) in [7, 11) is 0. The highest BCUT2D eigenvalue weighted by Gasteiger charge is 2.19. The average molecular weight is 455 g/mol. The molecule has 0 aromatic heterocycles. The Hall–Kier alpha value is -2.71. The van der Waals surface area contributed by atoms with Gasteiger partial charge in [-0.05, 0) is 56.1 Å². The van der Waals surface area contributed by atoms with Gasteiger partial charge in [0, 0.05) is 5.56 Å². The van der Waals surface area contributed by atoms with Gasteiger partial charge in [-0.15, -0.1) is 0 Å². The Labute approximate surface area is 184 Å². The predicted molar refractivity (Wildman–Crippen MR) is 115 cm³/mol. The van der Waals surface area contributed by atoms with Gasteiger partial charge < -0.3 is 20.8 Å². The van der Waals surface area contributed by atoms with E-state index in [-0.39, 0.29) is 18.9 Å². The summed E-state index contributed by atoms with van der Waals surface area (Å²) in [6.07, 6.45) is 1.20. The molecule has 1 unspecified atom stereocenters. The van der Waals surface area contributed by atoms with Crippen molar-refractivity contribution in [3.05, 3.63) is 63.7 Å². The lowest BCUT2D eigenvalue weighted by Gasteiger charge is -2.21. The van der Waals surface area contributed by atoms with Crippen LogP contribution in [0.2, 0.25) is 5.02 Å². The SMILES string of the molecule is CC(Nc1c(Cl)ccc2c1CCNCC2)c1cccc(F)c1F.O=C(O)CCC(=O)O. The van der Waals surface area contributed by atoms with Gasteiger partial charge in [0.25, 0.3) is 0 Å². The Morgan fingerprint density at radius 3 is 2.39 bits per heavy atom. The summed E-state index contributed by atoms with van der Waals surface area (Å²) in [6, 6.07) is 7.76. The zero-order valence-electron chi connectivity index (χ0n) is 17.1. The van der Waals surface area contributed by atoms with E-state index in [9.17, 15) is 18.4 Å². The molecule has 4 N–H and O–H groups in total. The summed E-state index contributed by atoms with van der Waals surface area (Å²) < 4.78 is 27.4. The maximum absolute atomic E-state index is 14.0. The van der Waals surface area contributed by atoms with Crippen LogP contribution >= 0.6 is 11.6 Å². The molecule has 1 aliphatic rings. The summed E-state index contributed by atoms with van der Waals surface area (Å²) in [4.78, 5) is 19.3. The zero-order chi connectivity index (χ0) is 23.0. The van der Waals surface area contributed by atoms with Crippen LogP contribution in [0.3, 0.4) is 0 Å². The van der Waals surface area contributed by atoms with Gasteiger partial charge >= 0.3 is 11.9 Å². The van der Waals surface area contributed by atoms with Gasteiger partial charge in [-0.1, -0.05) is 29.8 Å². The van der Waals surface area contributed by atoms with E-state index in [1.807, 2.05) is 19.1 Å². The highest BCUT2D eigenvalue weighted by Crippen LogP contribution is 2.34. The fourth-order valence-corrected chi connectivity index (χ4v) is 3.49. The van der Waals surface area contributed by atoms with Crippen LogP contribution in [-0.2, 0) is 22.4 Å². The van der Waals surface area contributed by atoms with Crippen molar-refractivity contribution >= 4 is 29.2 Å². The molecule has 2 aromatic rings. The van der Waals surface area contributed by atoms with Crippen LogP contribution in [0.15, 0.2) is 30.3 Å². The number of fused-ring (bicyclic) bond motifs is 1. The van der Waals surface area contributed by atoms with Gasteiger partial charge in [0.2, 0.25) is 0 Å². The van der Waals surface area contributed by atoms with E-state index in [2.05, 4.69) is 10.6 Å². The Morgan fingerprint density at radius 2 is 1.74 bits per heavy atom. The third-order valence-electron chi connectivity index (χ3n) is 4.84. The third kappa shape index (κ3) is 7.18. The number of rotatable bonds is 6. The Balaban J connectivity index is 0.000000366. The van der Waals surface area contributed by atoms with Crippen LogP contribution in [0.1, 0.15) is 42.5 Å². The molecule has 9 heteroatoms. The minimum atomic E-state index is -1.08. The molecule has 0 saturated carbocycles. The number of aliphatic carboxylic acids is 2. The maximum atomic E-state index is 14.0. The molecule has 0 aliphatic carbocycles. The van der Waals surface area contributed by atoms with E-state index in [4.69, 9.17) is 21.8 Å². The molecule has 3 rings (SSSR count). The van der Waals surface area contributed by atoms with Crippen molar-refractivity contribution in [3.63, 3.8) is 0 Å². The van der Waals surface area contributed by atoms with E-state index in [1.54, 1.807) is 6.07 Å². The second-order valence-electron chi connectivity index (χ2n) is 7.11. The number of hydrogen-bond acceptors (Lipinski definition) is 4. The molecule has 168 valence electrons. The molecule has 0 spiro atoms. The van der Waals surface area contributed by atoms with E-state index in [1.165, 1.54) is 11.6 Å². The second kappa shape index (κ2) is 11.6. The molecule has 0 amide bonds. The molecular formula is C22H25ClF2N2O4. The lowest BCUT2D eigenvalue weighted by atomic mass is 9.99. The first-order valence-corrected chi connectivity index (χ1v) is 10.2. The number of halogens is 3. The molecule has 31 heavy (non-hydrogen) atoms. The molecule has 6 nitrogen and oxygen atoms in total. The number of hydrogen-bond donors (Lipinski definition) is 4. The van der Waals surface area contributed by atoms with Crippen LogP contribution in [0, 0.1) is 11.6 Å². The first-order chi connectivity index (χ1) is 14.7. The minimum absolute atomic E-state index is 0.296. The first-order valence-electron chi connectivity index (χ1n) is 9.85. The fraction of sp³-hybridized carbons (Fsp3) is 0.364. The highest BCUT2D eigenvalue weighted by atomic mass is 35.5. The highest BCUT2D eigenvalue weighted by molar-refractivity contribution is 6.33. The summed E-state index contributed by atoms with van der Waals surface area (Å²) >= 11 is 6.37. The van der Waals surface area contributed by atoms with Crippen molar-refractivity contribution in [3.8, 4) is 0 Å². The third-order valence-corrected chi connectivity index (χ3v) is 5.16. The van der Waals surface area contributed by atoms with Crippen LogP contribution in [0.4, 0.5) is 14.5 Å². The van der Waals surface area contributed by atoms with Gasteiger partial charge in [0.1, 0.15) is 0 Å². The standard InChI is InChI=1S/C18H19ClF2N2.C4H6O4/c1-11(13-3-2-4-16(20)17(13)21)23-18-14-8-10-22-9-7-12(14)5-6-15(18)19;5-3(6)1-2-4(7)8/h2-6,11,22-23H,7-10H2,1H3;1-2H2,(H,5,6)(H,7,8). The van der Waals surface area contributed by atoms with Crippen LogP contribution < -0.4 is 10.6 Å². The van der Waals surface area contributed by atoms with E-state index < -0.39 is 23.6 Å². The largest absolute Gasteiger partial charge is 0.481 e. The molecule has 1 aliphatic heterocycles. The fourth-order valence-electron chi connectivity index (χ4n) is 3.26.